The largest absolute Gasteiger partial charge is 0.352 e. The second-order valence-electron chi connectivity index (χ2n) is 7.33. The maximum atomic E-state index is 13.0. The van der Waals surface area contributed by atoms with Crippen LogP contribution in [0.2, 0.25) is 0 Å². The summed E-state index contributed by atoms with van der Waals surface area (Å²) in [6, 6.07) is 27.2. The fourth-order valence-corrected chi connectivity index (χ4v) is 4.14. The van der Waals surface area contributed by atoms with Crippen LogP contribution in [0.1, 0.15) is 24.0 Å². The van der Waals surface area contributed by atoms with Crippen molar-refractivity contribution in [2.45, 2.75) is 31.1 Å². The molecule has 4 aromatic rings. The van der Waals surface area contributed by atoms with E-state index in [-0.39, 0.29) is 24.7 Å². The zero-order valence-corrected chi connectivity index (χ0v) is 18.3. The molecule has 0 aliphatic heterocycles. The van der Waals surface area contributed by atoms with E-state index in [9.17, 15) is 9.59 Å². The number of hydrogen-bond acceptors (Lipinski definition) is 4. The predicted octanol–water partition coefficient (Wildman–Crippen LogP) is 4.70. The van der Waals surface area contributed by atoms with Crippen molar-refractivity contribution in [3.63, 3.8) is 0 Å². The molecular formula is C25H24N4O2S. The highest BCUT2D eigenvalue weighted by atomic mass is 32.2. The summed E-state index contributed by atoms with van der Waals surface area (Å²) in [7, 11) is 0. The Morgan fingerprint density at radius 2 is 1.50 bits per heavy atom. The van der Waals surface area contributed by atoms with Crippen molar-refractivity contribution in [1.29, 1.82) is 0 Å². The van der Waals surface area contributed by atoms with Gasteiger partial charge in [0, 0.05) is 31.3 Å². The highest BCUT2D eigenvalue weighted by Crippen LogP contribution is 2.26. The lowest BCUT2D eigenvalue weighted by molar-refractivity contribution is -0.129. The van der Waals surface area contributed by atoms with Crippen molar-refractivity contribution in [2.75, 3.05) is 0 Å². The molecule has 0 aliphatic carbocycles. The second kappa shape index (κ2) is 10.6. The summed E-state index contributed by atoms with van der Waals surface area (Å²) >= 11 is 1.26. The normalized spacial score (nSPS) is 10.8. The van der Waals surface area contributed by atoms with Crippen molar-refractivity contribution in [3.05, 3.63) is 96.1 Å². The van der Waals surface area contributed by atoms with Gasteiger partial charge in [-0.1, -0.05) is 72.8 Å². The molecule has 0 spiro atoms. The van der Waals surface area contributed by atoms with Crippen LogP contribution < -0.4 is 5.32 Å². The van der Waals surface area contributed by atoms with Gasteiger partial charge >= 0.3 is 0 Å². The van der Waals surface area contributed by atoms with E-state index in [1.807, 2.05) is 84.9 Å². The van der Waals surface area contributed by atoms with E-state index in [4.69, 9.17) is 0 Å². The number of carbonyl (C=O) groups is 2. The lowest BCUT2D eigenvalue weighted by Crippen LogP contribution is -2.28. The molecule has 1 aromatic heterocycles. The summed E-state index contributed by atoms with van der Waals surface area (Å²) in [6.45, 7) is 0.877. The molecule has 2 N–H and O–H groups in total. The van der Waals surface area contributed by atoms with Gasteiger partial charge in [-0.15, -0.1) is 0 Å². The molecule has 0 atom stereocenters. The second-order valence-corrected chi connectivity index (χ2v) is 8.34. The minimum atomic E-state index is -0.143. The van der Waals surface area contributed by atoms with Crippen LogP contribution in [-0.4, -0.2) is 26.1 Å². The Kier molecular flexibility index (Phi) is 7.19. The summed E-state index contributed by atoms with van der Waals surface area (Å²) < 4.78 is 1.66. The highest BCUT2D eigenvalue weighted by molar-refractivity contribution is 7.97. The number of aromatic nitrogens is 2. The number of nitrogens with one attached hydrogen (secondary N) is 2. The molecule has 2 amide bonds. The minimum Gasteiger partial charge on any atom is -0.352 e. The average Bonchev–Trinajstić information content (AvgIpc) is 3.24. The van der Waals surface area contributed by atoms with Crippen molar-refractivity contribution >= 4 is 34.8 Å². The molecule has 0 saturated carbocycles. The van der Waals surface area contributed by atoms with Crippen molar-refractivity contribution in [3.8, 4) is 0 Å². The molecule has 162 valence electrons. The van der Waals surface area contributed by atoms with Gasteiger partial charge in [-0.25, -0.2) is 4.98 Å². The van der Waals surface area contributed by atoms with Crippen molar-refractivity contribution < 1.29 is 9.59 Å². The molecule has 32 heavy (non-hydrogen) atoms. The van der Waals surface area contributed by atoms with Gasteiger partial charge in [0.15, 0.2) is 5.16 Å². The van der Waals surface area contributed by atoms with E-state index >= 15 is 0 Å². The minimum absolute atomic E-state index is 0.117. The number of amides is 2. The Hall–Kier alpha value is -3.58. The van der Waals surface area contributed by atoms with Gasteiger partial charge in [0.05, 0.1) is 17.6 Å². The maximum absolute atomic E-state index is 13.0. The topological polar surface area (TPSA) is 78.1 Å². The first-order valence-corrected chi connectivity index (χ1v) is 11.2. The number of para-hydroxylation sites is 2. The van der Waals surface area contributed by atoms with E-state index in [1.165, 1.54) is 11.9 Å². The molecule has 1 heterocycles. The lowest BCUT2D eigenvalue weighted by Gasteiger charge is -2.20. The Bertz CT molecular complexity index is 1150. The first-order chi connectivity index (χ1) is 15.7. The SMILES string of the molecule is O=C(CCC(=O)N(Cc1ccccc1)Sc1nc2ccccc2[nH]1)NCc1ccccc1. The molecule has 0 radical (unpaired) electrons. The molecular weight excluding hydrogens is 420 g/mol. The molecule has 3 aromatic carbocycles. The summed E-state index contributed by atoms with van der Waals surface area (Å²) in [6.07, 6.45) is 0.262. The Balaban J connectivity index is 1.39. The number of imidazole rings is 1. The van der Waals surface area contributed by atoms with Crippen molar-refractivity contribution in [2.24, 2.45) is 0 Å². The standard InChI is InChI=1S/C25H24N4O2S/c30-23(26-17-19-9-3-1-4-10-19)15-16-24(31)29(18-20-11-5-2-6-12-20)32-25-27-21-13-7-8-14-22(21)28-25/h1-14H,15-18H2,(H,26,30)(H,27,28). The predicted molar refractivity (Wildman–Crippen MR) is 126 cm³/mol. The fraction of sp³-hybridized carbons (Fsp3) is 0.160. The fourth-order valence-electron chi connectivity index (χ4n) is 3.23. The van der Waals surface area contributed by atoms with Gasteiger partial charge in [0.2, 0.25) is 11.8 Å². The van der Waals surface area contributed by atoms with Crippen LogP contribution in [0.4, 0.5) is 0 Å². The average molecular weight is 445 g/mol. The molecule has 0 bridgehead atoms. The van der Waals surface area contributed by atoms with Crippen LogP contribution in [0.25, 0.3) is 11.0 Å². The number of rotatable bonds is 9. The summed E-state index contributed by atoms with van der Waals surface area (Å²) in [5.74, 6) is -0.259. The van der Waals surface area contributed by atoms with Crippen LogP contribution in [0, 0.1) is 0 Å². The quantitative estimate of drug-likeness (QED) is 0.367. The zero-order chi connectivity index (χ0) is 22.2. The molecule has 0 fully saturated rings. The van der Waals surface area contributed by atoms with Crippen LogP contribution in [-0.2, 0) is 22.7 Å². The van der Waals surface area contributed by atoms with Crippen molar-refractivity contribution in [1.82, 2.24) is 19.6 Å². The number of fused-ring (bicyclic) bond motifs is 1. The highest BCUT2D eigenvalue weighted by Gasteiger charge is 2.19. The molecule has 0 aliphatic rings. The van der Waals surface area contributed by atoms with Gasteiger partial charge in [0.1, 0.15) is 0 Å². The zero-order valence-electron chi connectivity index (χ0n) is 17.5. The van der Waals surface area contributed by atoms with Crippen LogP contribution in [0.3, 0.4) is 0 Å². The van der Waals surface area contributed by atoms with E-state index in [1.54, 1.807) is 4.31 Å². The Morgan fingerprint density at radius 1 is 0.844 bits per heavy atom. The third-order valence-corrected chi connectivity index (χ3v) is 5.83. The van der Waals surface area contributed by atoms with Crippen LogP contribution in [0.5, 0.6) is 0 Å². The summed E-state index contributed by atoms with van der Waals surface area (Å²) in [5, 5.41) is 3.52. The monoisotopic (exact) mass is 444 g/mol. The van der Waals surface area contributed by atoms with E-state index in [0.29, 0.717) is 18.2 Å². The Labute approximate surface area is 191 Å². The third-order valence-electron chi connectivity index (χ3n) is 4.91. The number of aromatic amines is 1. The van der Waals surface area contributed by atoms with Crippen LogP contribution >= 0.6 is 11.9 Å². The smallest absolute Gasteiger partial charge is 0.233 e. The number of nitrogens with zero attached hydrogens (tertiary/aromatic N) is 2. The van der Waals surface area contributed by atoms with E-state index in [2.05, 4.69) is 15.3 Å². The molecule has 6 nitrogen and oxygen atoms in total. The molecule has 7 heteroatoms. The molecule has 0 saturated heterocycles. The number of benzene rings is 3. The van der Waals surface area contributed by atoms with Gasteiger partial charge < -0.3 is 10.3 Å². The van der Waals surface area contributed by atoms with Gasteiger partial charge in [0.25, 0.3) is 0 Å². The number of hydrogen-bond donors (Lipinski definition) is 2. The molecule has 4 rings (SSSR count). The van der Waals surface area contributed by atoms with Gasteiger partial charge in [-0.2, -0.15) is 0 Å². The molecule has 0 unspecified atom stereocenters. The third kappa shape index (κ3) is 5.98. The van der Waals surface area contributed by atoms with E-state index in [0.717, 1.165) is 22.2 Å². The first-order valence-electron chi connectivity index (χ1n) is 10.4. The van der Waals surface area contributed by atoms with Crippen LogP contribution in [0.15, 0.2) is 90.1 Å². The summed E-state index contributed by atoms with van der Waals surface area (Å²) in [4.78, 5) is 33.1. The summed E-state index contributed by atoms with van der Waals surface area (Å²) in [5.41, 5.74) is 3.81. The van der Waals surface area contributed by atoms with Gasteiger partial charge in [-0.05, 0) is 23.3 Å². The number of carbonyl (C=O) groups excluding carboxylic acids is 2. The maximum Gasteiger partial charge on any atom is 0.233 e. The van der Waals surface area contributed by atoms with Gasteiger partial charge in [-0.3, -0.25) is 13.9 Å². The number of H-pyrrole nitrogens is 1. The first kappa shape index (κ1) is 21.6. The van der Waals surface area contributed by atoms with E-state index < -0.39 is 0 Å². The Morgan fingerprint density at radius 3 is 2.22 bits per heavy atom. The lowest BCUT2D eigenvalue weighted by atomic mass is 10.2.